The third kappa shape index (κ3) is 5.42. The van der Waals surface area contributed by atoms with Crippen LogP contribution in [0.2, 0.25) is 0 Å². The van der Waals surface area contributed by atoms with Gasteiger partial charge in [0.15, 0.2) is 17.4 Å². The molecule has 0 spiro atoms. The van der Waals surface area contributed by atoms with Gasteiger partial charge in [0.1, 0.15) is 5.84 Å². The smallest absolute Gasteiger partial charge is 0.190 e. The van der Waals surface area contributed by atoms with Gasteiger partial charge in [0.2, 0.25) is 0 Å². The number of nitrogens with two attached hydrogens (primary N) is 1. The Morgan fingerprint density at radius 1 is 1.21 bits per heavy atom. The lowest BCUT2D eigenvalue weighted by Crippen LogP contribution is -2.12. The summed E-state index contributed by atoms with van der Waals surface area (Å²) in [6, 6.07) is 2.01. The molecule has 3 N–H and O–H groups in total. The third-order valence-electron chi connectivity index (χ3n) is 2.55. The molecular weight excluding hydrogens is 274 g/mol. The number of halogens is 3. The van der Waals surface area contributed by atoms with E-state index in [0.717, 1.165) is 37.8 Å². The van der Waals surface area contributed by atoms with Crippen LogP contribution in [0.15, 0.2) is 12.1 Å². The molecule has 0 aliphatic carbocycles. The summed E-state index contributed by atoms with van der Waals surface area (Å²) in [5.41, 5.74) is 5.18. The molecule has 3 nitrogen and oxygen atoms in total. The van der Waals surface area contributed by atoms with E-state index in [1.165, 1.54) is 0 Å². The number of hydrogen-bond acceptors (Lipinski definition) is 2. The molecule has 0 fully saturated rings. The minimum Gasteiger partial charge on any atom is -0.488 e. The Labute approximate surface area is 118 Å². The maximum atomic E-state index is 13.5. The van der Waals surface area contributed by atoms with Crippen LogP contribution in [0.1, 0.15) is 38.2 Å². The minimum absolute atomic E-state index is 0. The Balaban J connectivity index is 0.00000324. The second kappa shape index (κ2) is 8.69. The molecular formula is C13H19ClF2N2O. The summed E-state index contributed by atoms with van der Waals surface area (Å²) in [4.78, 5) is 0. The standard InChI is InChI=1S/C13H18F2N2O.ClH/c1-2-3-4-5-6-18-12-10(14)7-9(13(16)17)8-11(12)15;/h7-8H,2-6H2,1H3,(H3,16,17);1H. The first-order valence-corrected chi connectivity index (χ1v) is 6.02. The van der Waals surface area contributed by atoms with Crippen LogP contribution in [-0.4, -0.2) is 12.4 Å². The van der Waals surface area contributed by atoms with Crippen LogP contribution in [0, 0.1) is 17.0 Å². The topological polar surface area (TPSA) is 59.1 Å². The van der Waals surface area contributed by atoms with Crippen molar-refractivity contribution in [2.24, 2.45) is 5.73 Å². The summed E-state index contributed by atoms with van der Waals surface area (Å²) in [5, 5.41) is 7.12. The van der Waals surface area contributed by atoms with Crippen molar-refractivity contribution in [1.29, 1.82) is 5.41 Å². The Bertz CT molecular complexity index is 404. The summed E-state index contributed by atoms with van der Waals surface area (Å²) >= 11 is 0. The first-order chi connectivity index (χ1) is 8.56. The molecule has 19 heavy (non-hydrogen) atoms. The number of amidine groups is 1. The highest BCUT2D eigenvalue weighted by atomic mass is 35.5. The van der Waals surface area contributed by atoms with E-state index in [4.69, 9.17) is 15.9 Å². The normalized spacial score (nSPS) is 9.84. The van der Waals surface area contributed by atoms with Gasteiger partial charge in [-0.25, -0.2) is 8.78 Å². The molecule has 0 aliphatic heterocycles. The van der Waals surface area contributed by atoms with Gasteiger partial charge in [0.25, 0.3) is 0 Å². The van der Waals surface area contributed by atoms with Gasteiger partial charge in [0, 0.05) is 5.56 Å². The zero-order valence-corrected chi connectivity index (χ0v) is 11.7. The van der Waals surface area contributed by atoms with Gasteiger partial charge < -0.3 is 10.5 Å². The van der Waals surface area contributed by atoms with Gasteiger partial charge >= 0.3 is 0 Å². The molecule has 1 aromatic carbocycles. The van der Waals surface area contributed by atoms with Crippen molar-refractivity contribution in [3.8, 4) is 5.75 Å². The van der Waals surface area contributed by atoms with E-state index >= 15 is 0 Å². The SMILES string of the molecule is CCCCCCOc1c(F)cc(C(=N)N)cc1F.Cl. The van der Waals surface area contributed by atoms with Crippen molar-refractivity contribution in [1.82, 2.24) is 0 Å². The molecule has 0 unspecified atom stereocenters. The largest absolute Gasteiger partial charge is 0.488 e. The van der Waals surface area contributed by atoms with E-state index in [9.17, 15) is 8.78 Å². The molecule has 0 heterocycles. The second-order valence-electron chi connectivity index (χ2n) is 4.09. The van der Waals surface area contributed by atoms with E-state index in [-0.39, 0.29) is 30.4 Å². The Morgan fingerprint density at radius 2 is 1.79 bits per heavy atom. The van der Waals surface area contributed by atoms with Gasteiger partial charge in [-0.15, -0.1) is 12.4 Å². The molecule has 0 saturated carbocycles. The van der Waals surface area contributed by atoms with E-state index in [0.29, 0.717) is 0 Å². The molecule has 0 radical (unpaired) electrons. The number of benzene rings is 1. The number of nitrogens with one attached hydrogen (secondary N) is 1. The van der Waals surface area contributed by atoms with Crippen molar-refractivity contribution in [3.63, 3.8) is 0 Å². The van der Waals surface area contributed by atoms with Crippen LogP contribution in [0.5, 0.6) is 5.75 Å². The highest BCUT2D eigenvalue weighted by Gasteiger charge is 2.13. The maximum Gasteiger partial charge on any atom is 0.190 e. The number of hydrogen-bond donors (Lipinski definition) is 2. The molecule has 0 atom stereocenters. The fourth-order valence-corrected chi connectivity index (χ4v) is 1.56. The van der Waals surface area contributed by atoms with E-state index in [1.54, 1.807) is 0 Å². The molecule has 0 bridgehead atoms. The summed E-state index contributed by atoms with van der Waals surface area (Å²) in [6.07, 6.45) is 3.92. The van der Waals surface area contributed by atoms with E-state index in [2.05, 4.69) is 6.92 Å². The summed E-state index contributed by atoms with van der Waals surface area (Å²) in [5.74, 6) is -2.41. The van der Waals surface area contributed by atoms with Gasteiger partial charge in [-0.1, -0.05) is 26.2 Å². The summed E-state index contributed by atoms with van der Waals surface area (Å²) in [6.45, 7) is 2.37. The number of unbranched alkanes of at least 4 members (excludes halogenated alkanes) is 3. The van der Waals surface area contributed by atoms with Gasteiger partial charge in [-0.05, 0) is 18.6 Å². The summed E-state index contributed by atoms with van der Waals surface area (Å²) < 4.78 is 32.1. The predicted octanol–water partition coefficient (Wildman–Crippen LogP) is 3.63. The highest BCUT2D eigenvalue weighted by molar-refractivity contribution is 5.95. The Kier molecular flexibility index (Phi) is 8.07. The van der Waals surface area contributed by atoms with Crippen LogP contribution in [0.3, 0.4) is 0 Å². The van der Waals surface area contributed by atoms with Crippen molar-refractivity contribution < 1.29 is 13.5 Å². The monoisotopic (exact) mass is 292 g/mol. The lowest BCUT2D eigenvalue weighted by Gasteiger charge is -2.09. The van der Waals surface area contributed by atoms with Crippen molar-refractivity contribution in [2.45, 2.75) is 32.6 Å². The lowest BCUT2D eigenvalue weighted by molar-refractivity contribution is 0.275. The molecule has 6 heteroatoms. The van der Waals surface area contributed by atoms with Crippen LogP contribution < -0.4 is 10.5 Å². The minimum atomic E-state index is -0.823. The molecule has 0 saturated heterocycles. The lowest BCUT2D eigenvalue weighted by atomic mass is 10.2. The Hall–Kier alpha value is -1.36. The maximum absolute atomic E-state index is 13.5. The fourth-order valence-electron chi connectivity index (χ4n) is 1.56. The molecule has 1 aromatic rings. The molecule has 108 valence electrons. The van der Waals surface area contributed by atoms with Crippen LogP contribution >= 0.6 is 12.4 Å². The molecule has 0 aliphatic rings. The number of rotatable bonds is 7. The quantitative estimate of drug-likeness (QED) is 0.458. The van der Waals surface area contributed by atoms with Crippen LogP contribution in [-0.2, 0) is 0 Å². The average molecular weight is 293 g/mol. The van der Waals surface area contributed by atoms with Gasteiger partial charge in [-0.3, -0.25) is 5.41 Å². The molecule has 1 rings (SSSR count). The van der Waals surface area contributed by atoms with Crippen molar-refractivity contribution in [2.75, 3.05) is 6.61 Å². The Morgan fingerprint density at radius 3 is 2.26 bits per heavy atom. The average Bonchev–Trinajstić information content (AvgIpc) is 2.31. The van der Waals surface area contributed by atoms with Gasteiger partial charge in [0.05, 0.1) is 6.61 Å². The first-order valence-electron chi connectivity index (χ1n) is 6.02. The molecule has 0 amide bonds. The van der Waals surface area contributed by atoms with Crippen molar-refractivity contribution in [3.05, 3.63) is 29.3 Å². The number of nitrogen functional groups attached to an aromatic ring is 1. The first kappa shape index (κ1) is 17.6. The van der Waals surface area contributed by atoms with Crippen LogP contribution in [0.4, 0.5) is 8.78 Å². The summed E-state index contributed by atoms with van der Waals surface area (Å²) in [7, 11) is 0. The van der Waals surface area contributed by atoms with E-state index in [1.807, 2.05) is 0 Å². The van der Waals surface area contributed by atoms with Crippen molar-refractivity contribution >= 4 is 18.2 Å². The highest BCUT2D eigenvalue weighted by Crippen LogP contribution is 2.23. The zero-order chi connectivity index (χ0) is 13.5. The zero-order valence-electron chi connectivity index (χ0n) is 10.8. The predicted molar refractivity (Wildman–Crippen MR) is 74.3 cm³/mol. The van der Waals surface area contributed by atoms with E-state index < -0.39 is 17.4 Å². The third-order valence-corrected chi connectivity index (χ3v) is 2.55. The number of ether oxygens (including phenoxy) is 1. The van der Waals surface area contributed by atoms with Gasteiger partial charge in [-0.2, -0.15) is 0 Å². The second-order valence-corrected chi connectivity index (χ2v) is 4.09. The molecule has 0 aromatic heterocycles. The van der Waals surface area contributed by atoms with Crippen LogP contribution in [0.25, 0.3) is 0 Å². The fraction of sp³-hybridized carbons (Fsp3) is 0.462.